The minimum Gasteiger partial charge on any atom is -0.480 e. The molecule has 0 saturated heterocycles. The van der Waals surface area contributed by atoms with Crippen LogP contribution in [0.15, 0.2) is 5.38 Å². The van der Waals surface area contributed by atoms with E-state index in [0.717, 1.165) is 0 Å². The molecule has 0 fully saturated rings. The van der Waals surface area contributed by atoms with Gasteiger partial charge in [-0.1, -0.05) is 0 Å². The zero-order chi connectivity index (χ0) is 6.69. The molecule has 0 aliphatic carbocycles. The number of methoxy groups -OCH3 is 1. The molecule has 48 valence electrons. The average molecular weight is 143 g/mol. The summed E-state index contributed by atoms with van der Waals surface area (Å²) < 4.78 is 4.74. The highest BCUT2D eigenvalue weighted by molar-refractivity contribution is 7.11. The smallest absolute Gasteiger partial charge is 0.224 e. The van der Waals surface area contributed by atoms with Crippen LogP contribution < -0.4 is 4.74 Å². The van der Waals surface area contributed by atoms with Crippen molar-refractivity contribution in [2.75, 3.05) is 7.11 Å². The Morgan fingerprint density at radius 1 is 1.89 bits per heavy atom. The molecule has 0 radical (unpaired) electrons. The molecule has 1 rings (SSSR count). The second-order valence-electron chi connectivity index (χ2n) is 1.35. The third kappa shape index (κ3) is 1.26. The van der Waals surface area contributed by atoms with Gasteiger partial charge in [0.15, 0.2) is 11.3 Å². The third-order valence-corrected chi connectivity index (χ3v) is 1.56. The Morgan fingerprint density at radius 2 is 2.67 bits per heavy atom. The number of ether oxygens (including phenoxy) is 1. The highest BCUT2D eigenvalue weighted by atomic mass is 32.1. The first-order chi connectivity index (χ1) is 4.36. The maximum absolute atomic E-state index is 10.0. The number of carbonyl (C=O) groups excluding carboxylic acids is 1. The van der Waals surface area contributed by atoms with Gasteiger partial charge in [-0.3, -0.25) is 4.79 Å². The van der Waals surface area contributed by atoms with Gasteiger partial charge in [-0.2, -0.15) is 4.98 Å². The maximum Gasteiger partial charge on any atom is 0.224 e. The van der Waals surface area contributed by atoms with Crippen molar-refractivity contribution in [2.24, 2.45) is 0 Å². The molecule has 4 heteroatoms. The van der Waals surface area contributed by atoms with Gasteiger partial charge in [0.25, 0.3) is 0 Å². The van der Waals surface area contributed by atoms with E-state index in [0.29, 0.717) is 17.2 Å². The monoisotopic (exact) mass is 143 g/mol. The molecule has 0 amide bonds. The van der Waals surface area contributed by atoms with Gasteiger partial charge in [-0.15, -0.1) is 11.3 Å². The lowest BCUT2D eigenvalue weighted by Crippen LogP contribution is -1.82. The Hall–Kier alpha value is -0.900. The Labute approximate surface area is 56.3 Å². The number of hydrogen-bond donors (Lipinski definition) is 0. The number of carbonyl (C=O) groups is 1. The zero-order valence-electron chi connectivity index (χ0n) is 4.83. The van der Waals surface area contributed by atoms with Gasteiger partial charge in [0, 0.05) is 0 Å². The fraction of sp³-hybridized carbons (Fsp3) is 0.200. The van der Waals surface area contributed by atoms with Crippen molar-refractivity contribution in [3.63, 3.8) is 0 Å². The summed E-state index contributed by atoms with van der Waals surface area (Å²) in [6.07, 6.45) is 0.702. The second kappa shape index (κ2) is 2.59. The van der Waals surface area contributed by atoms with Crippen LogP contribution in [0.2, 0.25) is 0 Å². The topological polar surface area (TPSA) is 39.2 Å². The first kappa shape index (κ1) is 6.22. The Bertz CT molecular complexity index is 208. The third-order valence-electron chi connectivity index (χ3n) is 0.811. The average Bonchev–Trinajstić information content (AvgIpc) is 2.34. The lowest BCUT2D eigenvalue weighted by molar-refractivity contribution is 0.112. The molecule has 3 nitrogen and oxygen atoms in total. The van der Waals surface area contributed by atoms with Crippen molar-refractivity contribution in [3.8, 4) is 5.88 Å². The van der Waals surface area contributed by atoms with Crippen LogP contribution in [0.1, 0.15) is 9.80 Å². The molecule has 0 aromatic carbocycles. The van der Waals surface area contributed by atoms with Crippen LogP contribution in [0.25, 0.3) is 0 Å². The summed E-state index contributed by atoms with van der Waals surface area (Å²) in [6, 6.07) is 0. The van der Waals surface area contributed by atoms with Gasteiger partial charge >= 0.3 is 0 Å². The predicted octanol–water partition coefficient (Wildman–Crippen LogP) is 0.964. The number of thiazole rings is 1. The van der Waals surface area contributed by atoms with Crippen LogP contribution in [-0.2, 0) is 0 Å². The van der Waals surface area contributed by atoms with Crippen molar-refractivity contribution in [3.05, 3.63) is 10.4 Å². The summed E-state index contributed by atoms with van der Waals surface area (Å²) in [6.45, 7) is 0. The molecule has 0 aliphatic rings. The van der Waals surface area contributed by atoms with E-state index in [2.05, 4.69) is 4.98 Å². The lowest BCUT2D eigenvalue weighted by Gasteiger charge is -1.85. The molecular weight excluding hydrogens is 138 g/mol. The highest BCUT2D eigenvalue weighted by Gasteiger charge is 1.97. The van der Waals surface area contributed by atoms with Gasteiger partial charge < -0.3 is 4.74 Å². The molecule has 0 spiro atoms. The quantitative estimate of drug-likeness (QED) is 0.579. The molecule has 1 aromatic rings. The van der Waals surface area contributed by atoms with Crippen LogP contribution >= 0.6 is 11.3 Å². The van der Waals surface area contributed by atoms with Crippen molar-refractivity contribution in [1.29, 1.82) is 0 Å². The Balaban J connectivity index is 2.86. The number of hydrogen-bond acceptors (Lipinski definition) is 4. The molecule has 0 saturated carbocycles. The summed E-state index contributed by atoms with van der Waals surface area (Å²) in [4.78, 5) is 13.8. The van der Waals surface area contributed by atoms with Gasteiger partial charge in [0.1, 0.15) is 0 Å². The van der Waals surface area contributed by atoms with Crippen molar-refractivity contribution < 1.29 is 9.53 Å². The lowest BCUT2D eigenvalue weighted by atomic mass is 10.8. The zero-order valence-corrected chi connectivity index (χ0v) is 5.64. The minimum atomic E-state index is 0.451. The molecule has 1 heterocycles. The van der Waals surface area contributed by atoms with Gasteiger partial charge in [0.2, 0.25) is 5.88 Å². The normalized spacial score (nSPS) is 9.00. The SMILES string of the molecule is COc1csc(C=O)n1. The Kier molecular flexibility index (Phi) is 1.79. The van der Waals surface area contributed by atoms with E-state index in [1.54, 1.807) is 5.38 Å². The minimum absolute atomic E-state index is 0.451. The van der Waals surface area contributed by atoms with Crippen molar-refractivity contribution >= 4 is 17.6 Å². The van der Waals surface area contributed by atoms with E-state index < -0.39 is 0 Å². The fourth-order valence-electron chi connectivity index (χ4n) is 0.420. The summed E-state index contributed by atoms with van der Waals surface area (Å²) in [5.74, 6) is 0.502. The van der Waals surface area contributed by atoms with E-state index in [1.165, 1.54) is 18.4 Å². The number of aldehydes is 1. The van der Waals surface area contributed by atoms with Gasteiger partial charge in [-0.05, 0) is 0 Å². The fourth-order valence-corrected chi connectivity index (χ4v) is 0.989. The number of nitrogens with zero attached hydrogens (tertiary/aromatic N) is 1. The molecule has 9 heavy (non-hydrogen) atoms. The number of rotatable bonds is 2. The van der Waals surface area contributed by atoms with Gasteiger partial charge in [-0.25, -0.2) is 0 Å². The standard InChI is InChI=1S/C5H5NO2S/c1-8-4-3-9-5(2-7)6-4/h2-3H,1H3. The molecular formula is C5H5NO2S. The van der Waals surface area contributed by atoms with Crippen LogP contribution in [0.4, 0.5) is 0 Å². The molecule has 0 aliphatic heterocycles. The van der Waals surface area contributed by atoms with Crippen LogP contribution in [-0.4, -0.2) is 18.4 Å². The van der Waals surface area contributed by atoms with Crippen LogP contribution in [0.3, 0.4) is 0 Å². The molecule has 0 unspecified atom stereocenters. The first-order valence-electron chi connectivity index (χ1n) is 2.31. The summed E-state index contributed by atoms with van der Waals surface area (Å²) >= 11 is 1.27. The number of aromatic nitrogens is 1. The highest BCUT2D eigenvalue weighted by Crippen LogP contribution is 2.12. The van der Waals surface area contributed by atoms with E-state index >= 15 is 0 Å². The van der Waals surface area contributed by atoms with Gasteiger partial charge in [0.05, 0.1) is 12.5 Å². The predicted molar refractivity (Wildman–Crippen MR) is 34.1 cm³/mol. The van der Waals surface area contributed by atoms with Crippen molar-refractivity contribution in [1.82, 2.24) is 4.98 Å². The summed E-state index contributed by atoms with van der Waals surface area (Å²) in [5, 5.41) is 2.14. The maximum atomic E-state index is 10.0. The molecule has 0 atom stereocenters. The second-order valence-corrected chi connectivity index (χ2v) is 2.24. The van der Waals surface area contributed by atoms with E-state index in [-0.39, 0.29) is 0 Å². The van der Waals surface area contributed by atoms with E-state index in [9.17, 15) is 4.79 Å². The first-order valence-corrected chi connectivity index (χ1v) is 3.19. The molecule has 0 bridgehead atoms. The molecule has 1 aromatic heterocycles. The Morgan fingerprint density at radius 3 is 3.00 bits per heavy atom. The molecule has 0 N–H and O–H groups in total. The van der Waals surface area contributed by atoms with Crippen LogP contribution in [0, 0.1) is 0 Å². The van der Waals surface area contributed by atoms with E-state index in [1.807, 2.05) is 0 Å². The largest absolute Gasteiger partial charge is 0.480 e. The van der Waals surface area contributed by atoms with Crippen LogP contribution in [0.5, 0.6) is 5.88 Å². The van der Waals surface area contributed by atoms with Crippen molar-refractivity contribution in [2.45, 2.75) is 0 Å². The summed E-state index contributed by atoms with van der Waals surface area (Å²) in [5.41, 5.74) is 0. The summed E-state index contributed by atoms with van der Waals surface area (Å²) in [7, 11) is 1.52. The van der Waals surface area contributed by atoms with E-state index in [4.69, 9.17) is 4.74 Å².